The van der Waals surface area contributed by atoms with Crippen LogP contribution in [-0.2, 0) is 6.54 Å². The standard InChI is InChI=1S/C23H27N5/c1-19-23(20(2)28(25-19)22-11-7-4-8-12-22)17-24-27-15-13-26(14-16-27)18-21-9-5-3-6-10-21/h3-12,17H,13-16,18H2,1-2H3/b24-17+. The fourth-order valence-corrected chi connectivity index (χ4v) is 3.65. The van der Waals surface area contributed by atoms with Crippen LogP contribution >= 0.6 is 0 Å². The predicted molar refractivity (Wildman–Crippen MR) is 114 cm³/mol. The van der Waals surface area contributed by atoms with E-state index in [-0.39, 0.29) is 0 Å². The normalized spacial score (nSPS) is 15.4. The summed E-state index contributed by atoms with van der Waals surface area (Å²) >= 11 is 0. The average Bonchev–Trinajstić information content (AvgIpc) is 3.02. The third-order valence-electron chi connectivity index (χ3n) is 5.30. The maximum atomic E-state index is 4.75. The minimum atomic E-state index is 0.953. The van der Waals surface area contributed by atoms with E-state index < -0.39 is 0 Å². The topological polar surface area (TPSA) is 36.7 Å². The van der Waals surface area contributed by atoms with Crippen LogP contribution in [0, 0.1) is 13.8 Å². The summed E-state index contributed by atoms with van der Waals surface area (Å²) in [5.41, 5.74) is 5.69. The Labute approximate surface area is 166 Å². The summed E-state index contributed by atoms with van der Waals surface area (Å²) in [5, 5.41) is 11.6. The van der Waals surface area contributed by atoms with E-state index in [0.717, 1.165) is 55.4 Å². The van der Waals surface area contributed by atoms with Crippen molar-refractivity contribution < 1.29 is 0 Å². The van der Waals surface area contributed by atoms with Gasteiger partial charge in [0.25, 0.3) is 0 Å². The van der Waals surface area contributed by atoms with Crippen molar-refractivity contribution in [1.82, 2.24) is 19.7 Å². The van der Waals surface area contributed by atoms with Crippen LogP contribution in [0.1, 0.15) is 22.5 Å². The largest absolute Gasteiger partial charge is 0.295 e. The molecule has 1 saturated heterocycles. The minimum absolute atomic E-state index is 0.953. The Morgan fingerprint density at radius 3 is 2.21 bits per heavy atom. The number of nitrogens with zero attached hydrogens (tertiary/aromatic N) is 5. The first kappa shape index (κ1) is 18.4. The molecule has 0 spiro atoms. The monoisotopic (exact) mass is 373 g/mol. The van der Waals surface area contributed by atoms with Crippen LogP contribution in [0.15, 0.2) is 65.8 Å². The summed E-state index contributed by atoms with van der Waals surface area (Å²) in [4.78, 5) is 2.49. The zero-order valence-electron chi connectivity index (χ0n) is 16.6. The average molecular weight is 374 g/mol. The van der Waals surface area contributed by atoms with E-state index in [1.807, 2.05) is 36.0 Å². The minimum Gasteiger partial charge on any atom is -0.295 e. The molecule has 5 heteroatoms. The van der Waals surface area contributed by atoms with Crippen molar-refractivity contribution in [1.29, 1.82) is 0 Å². The van der Waals surface area contributed by atoms with Crippen LogP contribution in [0.2, 0.25) is 0 Å². The van der Waals surface area contributed by atoms with E-state index in [1.165, 1.54) is 5.56 Å². The molecule has 1 aliphatic rings. The molecule has 0 aliphatic carbocycles. The number of hydrogen-bond donors (Lipinski definition) is 0. The second-order valence-corrected chi connectivity index (χ2v) is 7.29. The molecular formula is C23H27N5. The van der Waals surface area contributed by atoms with Gasteiger partial charge in [-0.15, -0.1) is 0 Å². The molecule has 0 amide bonds. The Balaban J connectivity index is 1.38. The molecule has 0 N–H and O–H groups in total. The molecule has 3 aromatic rings. The van der Waals surface area contributed by atoms with Crippen LogP contribution in [0.5, 0.6) is 0 Å². The molecule has 0 unspecified atom stereocenters. The van der Waals surface area contributed by atoms with Gasteiger partial charge in [-0.3, -0.25) is 9.91 Å². The number of aromatic nitrogens is 2. The third-order valence-corrected chi connectivity index (χ3v) is 5.30. The summed E-state index contributed by atoms with van der Waals surface area (Å²) in [6.07, 6.45) is 1.98. The van der Waals surface area contributed by atoms with Crippen molar-refractivity contribution in [3.05, 3.63) is 83.2 Å². The Hall–Kier alpha value is -2.92. The van der Waals surface area contributed by atoms with Crippen molar-refractivity contribution in [3.63, 3.8) is 0 Å². The first-order chi connectivity index (χ1) is 13.7. The second-order valence-electron chi connectivity index (χ2n) is 7.29. The van der Waals surface area contributed by atoms with Gasteiger partial charge in [-0.1, -0.05) is 48.5 Å². The lowest BCUT2D eigenvalue weighted by Gasteiger charge is -2.33. The highest BCUT2D eigenvalue weighted by Crippen LogP contribution is 2.16. The summed E-state index contributed by atoms with van der Waals surface area (Å²) in [7, 11) is 0. The van der Waals surface area contributed by atoms with Gasteiger partial charge < -0.3 is 0 Å². The second kappa shape index (κ2) is 8.40. The third kappa shape index (κ3) is 4.15. The van der Waals surface area contributed by atoms with Gasteiger partial charge in [-0.05, 0) is 31.5 Å². The zero-order chi connectivity index (χ0) is 19.3. The van der Waals surface area contributed by atoms with Crippen LogP contribution in [-0.4, -0.2) is 52.1 Å². The maximum Gasteiger partial charge on any atom is 0.0689 e. The maximum absolute atomic E-state index is 4.75. The van der Waals surface area contributed by atoms with Gasteiger partial charge in [0.1, 0.15) is 0 Å². The summed E-state index contributed by atoms with van der Waals surface area (Å²) in [6, 6.07) is 20.9. The van der Waals surface area contributed by atoms with E-state index in [0.29, 0.717) is 0 Å². The Morgan fingerprint density at radius 1 is 0.893 bits per heavy atom. The van der Waals surface area contributed by atoms with Crippen molar-refractivity contribution in [2.45, 2.75) is 20.4 Å². The molecule has 144 valence electrons. The van der Waals surface area contributed by atoms with Crippen molar-refractivity contribution in [2.24, 2.45) is 5.10 Å². The lowest BCUT2D eigenvalue weighted by molar-refractivity contribution is 0.131. The number of rotatable bonds is 5. The molecule has 4 rings (SSSR count). The van der Waals surface area contributed by atoms with Gasteiger partial charge >= 0.3 is 0 Å². The smallest absolute Gasteiger partial charge is 0.0689 e. The highest BCUT2D eigenvalue weighted by atomic mass is 15.5. The number of benzene rings is 2. The van der Waals surface area contributed by atoms with Crippen LogP contribution < -0.4 is 0 Å². The molecule has 2 aromatic carbocycles. The van der Waals surface area contributed by atoms with Gasteiger partial charge in [0.05, 0.1) is 23.3 Å². The van der Waals surface area contributed by atoms with Gasteiger partial charge in [-0.2, -0.15) is 10.2 Å². The Bertz CT molecular complexity index is 922. The van der Waals surface area contributed by atoms with Crippen molar-refractivity contribution >= 4 is 6.21 Å². The van der Waals surface area contributed by atoms with Gasteiger partial charge in [0.2, 0.25) is 0 Å². The van der Waals surface area contributed by atoms with Crippen molar-refractivity contribution in [3.8, 4) is 5.69 Å². The predicted octanol–water partition coefficient (Wildman–Crippen LogP) is 3.64. The molecule has 0 atom stereocenters. The van der Waals surface area contributed by atoms with E-state index in [9.17, 15) is 0 Å². The molecule has 2 heterocycles. The molecule has 1 aliphatic heterocycles. The van der Waals surface area contributed by atoms with E-state index in [1.54, 1.807) is 0 Å². The lowest BCUT2D eigenvalue weighted by Crippen LogP contribution is -2.43. The van der Waals surface area contributed by atoms with Crippen molar-refractivity contribution in [2.75, 3.05) is 26.2 Å². The SMILES string of the molecule is Cc1nn(-c2ccccc2)c(C)c1/C=N/N1CCN(Cc2ccccc2)CC1. The molecule has 1 aromatic heterocycles. The molecule has 0 bridgehead atoms. The van der Waals surface area contributed by atoms with Crippen LogP contribution in [0.4, 0.5) is 0 Å². The van der Waals surface area contributed by atoms with Gasteiger partial charge in [0.15, 0.2) is 0 Å². The molecule has 0 radical (unpaired) electrons. The molecule has 28 heavy (non-hydrogen) atoms. The highest BCUT2D eigenvalue weighted by Gasteiger charge is 2.16. The van der Waals surface area contributed by atoms with Gasteiger partial charge in [-0.25, -0.2) is 4.68 Å². The number of aryl methyl sites for hydroxylation is 1. The molecule has 5 nitrogen and oxygen atoms in total. The van der Waals surface area contributed by atoms with E-state index in [2.05, 4.69) is 59.3 Å². The quantitative estimate of drug-likeness (QED) is 0.641. The van der Waals surface area contributed by atoms with Crippen LogP contribution in [0.25, 0.3) is 5.69 Å². The molecule has 0 saturated carbocycles. The van der Waals surface area contributed by atoms with Crippen LogP contribution in [0.3, 0.4) is 0 Å². The zero-order valence-corrected chi connectivity index (χ0v) is 16.6. The van der Waals surface area contributed by atoms with E-state index >= 15 is 0 Å². The fourth-order valence-electron chi connectivity index (χ4n) is 3.65. The summed E-state index contributed by atoms with van der Waals surface area (Å²) < 4.78 is 1.99. The number of hydrazone groups is 1. The Morgan fingerprint density at radius 2 is 1.54 bits per heavy atom. The fraction of sp³-hybridized carbons (Fsp3) is 0.304. The number of piperazine rings is 1. The number of para-hydroxylation sites is 1. The molecular weight excluding hydrogens is 346 g/mol. The number of hydrogen-bond acceptors (Lipinski definition) is 4. The first-order valence-corrected chi connectivity index (χ1v) is 9.87. The lowest BCUT2D eigenvalue weighted by atomic mass is 10.2. The highest BCUT2D eigenvalue weighted by molar-refractivity contribution is 5.82. The summed E-state index contributed by atoms with van der Waals surface area (Å²) in [5.74, 6) is 0. The first-order valence-electron chi connectivity index (χ1n) is 9.87. The summed E-state index contributed by atoms with van der Waals surface area (Å²) in [6.45, 7) is 9.14. The van der Waals surface area contributed by atoms with E-state index in [4.69, 9.17) is 10.2 Å². The molecule has 1 fully saturated rings. The van der Waals surface area contributed by atoms with Gasteiger partial charge in [0, 0.05) is 38.3 Å². The Kier molecular flexibility index (Phi) is 5.53.